The van der Waals surface area contributed by atoms with Crippen LogP contribution in [0.25, 0.3) is 10.9 Å². The van der Waals surface area contributed by atoms with E-state index in [1.807, 2.05) is 13.0 Å². The van der Waals surface area contributed by atoms with Crippen LogP contribution in [0.15, 0.2) is 42.5 Å². The lowest BCUT2D eigenvalue weighted by molar-refractivity contribution is -0.144. The van der Waals surface area contributed by atoms with Gasteiger partial charge in [0, 0.05) is 17.4 Å². The van der Waals surface area contributed by atoms with Crippen LogP contribution >= 0.6 is 0 Å². The maximum Gasteiger partial charge on any atom is 0.451 e. The molecule has 0 saturated heterocycles. The molecule has 6 nitrogen and oxygen atoms in total. The molecule has 38 heavy (non-hydrogen) atoms. The van der Waals surface area contributed by atoms with Crippen LogP contribution in [0.3, 0.4) is 0 Å². The van der Waals surface area contributed by atoms with E-state index in [2.05, 4.69) is 74.5 Å². The highest BCUT2D eigenvalue weighted by Crippen LogP contribution is 2.39. The van der Waals surface area contributed by atoms with Crippen molar-refractivity contribution in [2.24, 2.45) is 0 Å². The Bertz CT molecular complexity index is 1230. The fraction of sp³-hybridized carbons (Fsp3) is 0.517. The average molecular weight is 533 g/mol. The van der Waals surface area contributed by atoms with Gasteiger partial charge in [-0.15, -0.1) is 0 Å². The quantitative estimate of drug-likeness (QED) is 0.141. The Kier molecular flexibility index (Phi) is 9.26. The molecule has 3 rings (SSSR count). The summed E-state index contributed by atoms with van der Waals surface area (Å²) in [6.07, 6.45) is -2.69. The number of halogens is 3. The Morgan fingerprint density at radius 3 is 2.21 bits per heavy atom. The van der Waals surface area contributed by atoms with Gasteiger partial charge in [0.15, 0.2) is 5.82 Å². The summed E-state index contributed by atoms with van der Waals surface area (Å²) in [7, 11) is 0. The molecule has 0 bridgehead atoms. The number of anilines is 1. The van der Waals surface area contributed by atoms with E-state index in [9.17, 15) is 13.2 Å². The third-order valence-electron chi connectivity index (χ3n) is 7.25. The molecule has 2 aromatic carbocycles. The number of hydrazine groups is 1. The van der Waals surface area contributed by atoms with E-state index in [1.165, 1.54) is 11.6 Å². The van der Waals surface area contributed by atoms with E-state index in [0.29, 0.717) is 11.8 Å². The molecule has 1 atom stereocenters. The predicted molar refractivity (Wildman–Crippen MR) is 145 cm³/mol. The summed E-state index contributed by atoms with van der Waals surface area (Å²) in [6.45, 7) is 15.1. The lowest BCUT2D eigenvalue weighted by Crippen LogP contribution is -2.32. The maximum atomic E-state index is 13.3. The third kappa shape index (κ3) is 6.94. The number of aromatic nitrogens is 2. The Labute approximate surface area is 223 Å². The zero-order valence-electron chi connectivity index (χ0n) is 23.3. The second-order valence-electron chi connectivity index (χ2n) is 10.7. The molecule has 2 N–H and O–H groups in total. The number of para-hydroxylation sites is 1. The van der Waals surface area contributed by atoms with E-state index in [0.717, 1.165) is 24.2 Å². The van der Waals surface area contributed by atoms with Gasteiger partial charge in [0.1, 0.15) is 12.5 Å². The van der Waals surface area contributed by atoms with Crippen LogP contribution in [-0.2, 0) is 21.7 Å². The first-order valence-corrected chi connectivity index (χ1v) is 13.1. The SMILES string of the molecule is CCC(OCNNc1nc(C(F)(F)F)nc2ccccc12)Oc1ccc(C(C)(C)CC)cc1C(C)(C)CC. The largest absolute Gasteiger partial charge is 0.465 e. The Morgan fingerprint density at radius 2 is 1.58 bits per heavy atom. The average Bonchev–Trinajstić information content (AvgIpc) is 2.89. The number of rotatable bonds is 12. The molecular formula is C29H39F3N4O2. The van der Waals surface area contributed by atoms with Gasteiger partial charge in [0.2, 0.25) is 12.1 Å². The predicted octanol–water partition coefficient (Wildman–Crippen LogP) is 7.73. The fourth-order valence-corrected chi connectivity index (χ4v) is 3.91. The van der Waals surface area contributed by atoms with Crippen molar-refractivity contribution >= 4 is 16.7 Å². The second-order valence-corrected chi connectivity index (χ2v) is 10.7. The molecule has 0 saturated carbocycles. The van der Waals surface area contributed by atoms with Crippen molar-refractivity contribution in [3.63, 3.8) is 0 Å². The third-order valence-corrected chi connectivity index (χ3v) is 7.25. The van der Waals surface area contributed by atoms with Crippen LogP contribution in [0, 0.1) is 0 Å². The Morgan fingerprint density at radius 1 is 0.895 bits per heavy atom. The van der Waals surface area contributed by atoms with Crippen LogP contribution < -0.4 is 15.6 Å². The van der Waals surface area contributed by atoms with Crippen LogP contribution in [0.2, 0.25) is 0 Å². The number of alkyl halides is 3. The van der Waals surface area contributed by atoms with Crippen molar-refractivity contribution in [3.05, 3.63) is 59.4 Å². The highest BCUT2D eigenvalue weighted by molar-refractivity contribution is 5.88. The summed E-state index contributed by atoms with van der Waals surface area (Å²) in [4.78, 5) is 7.29. The highest BCUT2D eigenvalue weighted by Gasteiger charge is 2.35. The van der Waals surface area contributed by atoms with Crippen LogP contribution in [0.1, 0.15) is 84.7 Å². The Hall–Kier alpha value is -2.91. The molecule has 0 amide bonds. The molecule has 0 aliphatic heterocycles. The Balaban J connectivity index is 1.73. The van der Waals surface area contributed by atoms with E-state index in [-0.39, 0.29) is 28.9 Å². The molecule has 0 radical (unpaired) electrons. The lowest BCUT2D eigenvalue weighted by atomic mass is 9.76. The molecule has 0 aliphatic rings. The first kappa shape index (κ1) is 29.6. The van der Waals surface area contributed by atoms with Gasteiger partial charge in [-0.05, 0) is 47.4 Å². The molecule has 1 unspecified atom stereocenters. The van der Waals surface area contributed by atoms with Gasteiger partial charge in [0.25, 0.3) is 0 Å². The minimum absolute atomic E-state index is 0.0154. The van der Waals surface area contributed by atoms with Gasteiger partial charge in [-0.3, -0.25) is 0 Å². The molecule has 0 fully saturated rings. The number of ether oxygens (including phenoxy) is 2. The minimum Gasteiger partial charge on any atom is -0.465 e. The van der Waals surface area contributed by atoms with E-state index in [1.54, 1.807) is 18.2 Å². The van der Waals surface area contributed by atoms with Gasteiger partial charge in [-0.2, -0.15) is 13.2 Å². The van der Waals surface area contributed by atoms with E-state index < -0.39 is 18.3 Å². The van der Waals surface area contributed by atoms with Gasteiger partial charge in [0.05, 0.1) is 5.52 Å². The first-order valence-electron chi connectivity index (χ1n) is 13.1. The maximum absolute atomic E-state index is 13.3. The molecule has 1 aromatic heterocycles. The topological polar surface area (TPSA) is 68.3 Å². The normalized spacial score (nSPS) is 13.5. The molecule has 0 aliphatic carbocycles. The molecule has 0 spiro atoms. The molecule has 9 heteroatoms. The molecule has 208 valence electrons. The zero-order valence-corrected chi connectivity index (χ0v) is 23.3. The van der Waals surface area contributed by atoms with E-state index >= 15 is 0 Å². The van der Waals surface area contributed by atoms with Gasteiger partial charge in [-0.25, -0.2) is 15.4 Å². The number of benzene rings is 2. The fourth-order valence-electron chi connectivity index (χ4n) is 3.91. The standard InChI is InChI=1S/C29H39F3N4O2/c1-8-24(38-23-16-15-19(27(4,5)9-2)17-21(23)28(6,7)10-3)37-18-33-36-25-20-13-11-12-14-22(20)34-26(35-25)29(30,31)32/h11-17,24,33H,8-10,18H2,1-7H3,(H,34,35,36). The van der Waals surface area contributed by atoms with E-state index in [4.69, 9.17) is 9.47 Å². The summed E-state index contributed by atoms with van der Waals surface area (Å²) in [5.41, 5.74) is 8.07. The summed E-state index contributed by atoms with van der Waals surface area (Å²) < 4.78 is 52.0. The van der Waals surface area contributed by atoms with Crippen molar-refractivity contribution in [3.8, 4) is 5.75 Å². The molecule has 1 heterocycles. The van der Waals surface area contributed by atoms with Crippen LogP contribution in [0.4, 0.5) is 19.0 Å². The zero-order chi connectivity index (χ0) is 28.1. The number of nitrogens with one attached hydrogen (secondary N) is 2. The molecule has 3 aromatic rings. The number of nitrogens with zero attached hydrogens (tertiary/aromatic N) is 2. The van der Waals surface area contributed by atoms with Gasteiger partial charge < -0.3 is 14.9 Å². The summed E-state index contributed by atoms with van der Waals surface area (Å²) in [5.74, 6) is -0.428. The van der Waals surface area contributed by atoms with Crippen LogP contribution in [0.5, 0.6) is 5.75 Å². The summed E-state index contributed by atoms with van der Waals surface area (Å²) in [5, 5.41) is 0.456. The van der Waals surface area contributed by atoms with Gasteiger partial charge in [-0.1, -0.05) is 72.7 Å². The van der Waals surface area contributed by atoms with Gasteiger partial charge >= 0.3 is 6.18 Å². The van der Waals surface area contributed by atoms with Crippen molar-refractivity contribution in [2.45, 2.75) is 91.0 Å². The van der Waals surface area contributed by atoms with Crippen molar-refractivity contribution in [1.29, 1.82) is 0 Å². The molecular weight excluding hydrogens is 493 g/mol. The van der Waals surface area contributed by atoms with Crippen LogP contribution in [-0.4, -0.2) is 23.0 Å². The van der Waals surface area contributed by atoms with Crippen molar-refractivity contribution in [2.75, 3.05) is 12.2 Å². The highest BCUT2D eigenvalue weighted by atomic mass is 19.4. The first-order chi connectivity index (χ1) is 17.8. The van der Waals surface area contributed by atoms with Crippen molar-refractivity contribution in [1.82, 2.24) is 15.4 Å². The number of fused-ring (bicyclic) bond motifs is 1. The number of hydrogen-bond donors (Lipinski definition) is 2. The summed E-state index contributed by atoms with van der Waals surface area (Å²) in [6, 6.07) is 12.9. The second kappa shape index (κ2) is 11.9. The number of hydrogen-bond acceptors (Lipinski definition) is 6. The monoisotopic (exact) mass is 532 g/mol. The summed E-state index contributed by atoms with van der Waals surface area (Å²) >= 11 is 0. The minimum atomic E-state index is -4.66. The lowest BCUT2D eigenvalue weighted by Gasteiger charge is -2.31. The smallest absolute Gasteiger partial charge is 0.451 e. The van der Waals surface area contributed by atoms with Crippen molar-refractivity contribution < 1.29 is 22.6 Å².